The maximum Gasteiger partial charge on any atom is 0.0561 e. The Labute approximate surface area is 107 Å². The summed E-state index contributed by atoms with van der Waals surface area (Å²) in [5.74, 6) is 0. The van der Waals surface area contributed by atoms with Gasteiger partial charge in [-0.15, -0.1) is 0 Å². The summed E-state index contributed by atoms with van der Waals surface area (Å²) in [7, 11) is 0. The van der Waals surface area contributed by atoms with Crippen molar-refractivity contribution in [3.63, 3.8) is 0 Å². The number of hydrogen-bond donors (Lipinski definition) is 2. The zero-order chi connectivity index (χ0) is 12.6. The Morgan fingerprint density at radius 2 is 1.72 bits per heavy atom. The number of nitrogens with one attached hydrogen (secondary N) is 1. The van der Waals surface area contributed by atoms with E-state index in [0.29, 0.717) is 6.54 Å². The first-order valence-corrected chi connectivity index (χ1v) is 6.01. The number of hydrogen-bond acceptors (Lipinski definition) is 3. The molecule has 0 spiro atoms. The van der Waals surface area contributed by atoms with Crippen LogP contribution < -0.4 is 11.2 Å². The minimum atomic E-state index is 0.684. The predicted octanol–water partition coefficient (Wildman–Crippen LogP) is 2.63. The minimum absolute atomic E-state index is 0.684. The Hall–Kier alpha value is -2.13. The van der Waals surface area contributed by atoms with E-state index < -0.39 is 0 Å². The summed E-state index contributed by atoms with van der Waals surface area (Å²) in [6, 6.07) is 18.1. The molecule has 2 rings (SSSR count). The first-order chi connectivity index (χ1) is 8.88. The molecule has 3 nitrogen and oxygen atoms in total. The summed E-state index contributed by atoms with van der Waals surface area (Å²) in [5, 5.41) is 4.19. The Bertz CT molecular complexity index is 489. The van der Waals surface area contributed by atoms with Crippen LogP contribution in [0.2, 0.25) is 0 Å². The van der Waals surface area contributed by atoms with Crippen molar-refractivity contribution in [1.29, 1.82) is 0 Å². The second-order valence-corrected chi connectivity index (χ2v) is 4.02. The van der Waals surface area contributed by atoms with E-state index in [2.05, 4.69) is 22.7 Å². The summed E-state index contributed by atoms with van der Waals surface area (Å²) in [5.41, 5.74) is 11.8. The number of rotatable bonds is 5. The number of benzene rings is 2. The van der Waals surface area contributed by atoms with Gasteiger partial charge in [-0.2, -0.15) is 5.10 Å². The fraction of sp³-hybridized carbons (Fsp3) is 0.133. The highest BCUT2D eigenvalue weighted by Crippen LogP contribution is 2.05. The van der Waals surface area contributed by atoms with Crippen LogP contribution in [-0.4, -0.2) is 12.8 Å². The zero-order valence-corrected chi connectivity index (χ0v) is 10.2. The largest absolute Gasteiger partial charge is 0.330 e. The standard InChI is InChI=1S/C15H17N3/c16-11-10-13-6-8-14(9-7-13)12-17-18-15-4-2-1-3-5-15/h1-9,12,18H,10-11,16H2/b17-12+. The summed E-state index contributed by atoms with van der Waals surface area (Å²) in [4.78, 5) is 0. The lowest BCUT2D eigenvalue weighted by Gasteiger charge is -2.00. The van der Waals surface area contributed by atoms with Gasteiger partial charge < -0.3 is 5.73 Å². The molecule has 0 aromatic heterocycles. The van der Waals surface area contributed by atoms with Gasteiger partial charge >= 0.3 is 0 Å². The fourth-order valence-corrected chi connectivity index (χ4v) is 1.63. The fourth-order valence-electron chi connectivity index (χ4n) is 1.63. The van der Waals surface area contributed by atoms with Crippen LogP contribution in [0.15, 0.2) is 59.7 Å². The van der Waals surface area contributed by atoms with Crippen LogP contribution in [0.5, 0.6) is 0 Å². The molecule has 0 heterocycles. The summed E-state index contributed by atoms with van der Waals surface area (Å²) >= 11 is 0. The predicted molar refractivity (Wildman–Crippen MR) is 76.9 cm³/mol. The average molecular weight is 239 g/mol. The highest BCUT2D eigenvalue weighted by molar-refractivity contribution is 5.80. The lowest BCUT2D eigenvalue weighted by molar-refractivity contribution is 0.969. The molecule has 0 aliphatic rings. The first-order valence-electron chi connectivity index (χ1n) is 6.01. The smallest absolute Gasteiger partial charge is 0.0561 e. The van der Waals surface area contributed by atoms with Crippen molar-refractivity contribution in [2.75, 3.05) is 12.0 Å². The van der Waals surface area contributed by atoms with Gasteiger partial charge in [0.2, 0.25) is 0 Å². The molecule has 0 unspecified atom stereocenters. The van der Waals surface area contributed by atoms with Crippen LogP contribution in [0.4, 0.5) is 5.69 Å². The zero-order valence-electron chi connectivity index (χ0n) is 10.2. The molecule has 0 bridgehead atoms. The monoisotopic (exact) mass is 239 g/mol. The van der Waals surface area contributed by atoms with Gasteiger partial charge in [-0.25, -0.2) is 0 Å². The topological polar surface area (TPSA) is 50.4 Å². The lowest BCUT2D eigenvalue weighted by atomic mass is 10.1. The second-order valence-electron chi connectivity index (χ2n) is 4.02. The second kappa shape index (κ2) is 6.57. The van der Waals surface area contributed by atoms with Crippen molar-refractivity contribution in [1.82, 2.24) is 0 Å². The maximum atomic E-state index is 5.51. The van der Waals surface area contributed by atoms with Crippen LogP contribution in [0, 0.1) is 0 Å². The molecule has 92 valence electrons. The van der Waals surface area contributed by atoms with E-state index in [1.54, 1.807) is 6.21 Å². The Morgan fingerprint density at radius 1 is 1.00 bits per heavy atom. The molecule has 0 saturated carbocycles. The van der Waals surface area contributed by atoms with Gasteiger partial charge in [0.05, 0.1) is 11.9 Å². The third kappa shape index (κ3) is 3.71. The molecule has 0 aliphatic heterocycles. The summed E-state index contributed by atoms with van der Waals surface area (Å²) in [6.45, 7) is 0.684. The van der Waals surface area contributed by atoms with E-state index in [1.165, 1.54) is 5.56 Å². The van der Waals surface area contributed by atoms with Gasteiger partial charge in [-0.05, 0) is 36.2 Å². The van der Waals surface area contributed by atoms with Crippen molar-refractivity contribution < 1.29 is 0 Å². The van der Waals surface area contributed by atoms with Crippen molar-refractivity contribution in [2.45, 2.75) is 6.42 Å². The normalized spacial score (nSPS) is 10.7. The number of para-hydroxylation sites is 1. The van der Waals surface area contributed by atoms with Gasteiger partial charge in [0.25, 0.3) is 0 Å². The van der Waals surface area contributed by atoms with E-state index in [9.17, 15) is 0 Å². The minimum Gasteiger partial charge on any atom is -0.330 e. The van der Waals surface area contributed by atoms with E-state index in [-0.39, 0.29) is 0 Å². The van der Waals surface area contributed by atoms with Crippen molar-refractivity contribution in [3.05, 3.63) is 65.7 Å². The Morgan fingerprint density at radius 3 is 2.39 bits per heavy atom. The van der Waals surface area contributed by atoms with E-state index in [4.69, 9.17) is 5.73 Å². The van der Waals surface area contributed by atoms with Crippen molar-refractivity contribution >= 4 is 11.9 Å². The van der Waals surface area contributed by atoms with Crippen molar-refractivity contribution in [2.24, 2.45) is 10.8 Å². The molecule has 0 aliphatic carbocycles. The molecule has 2 aromatic carbocycles. The Kier molecular flexibility index (Phi) is 4.50. The number of anilines is 1. The van der Waals surface area contributed by atoms with E-state index in [0.717, 1.165) is 17.7 Å². The van der Waals surface area contributed by atoms with Gasteiger partial charge in [-0.1, -0.05) is 42.5 Å². The molecule has 18 heavy (non-hydrogen) atoms. The lowest BCUT2D eigenvalue weighted by Crippen LogP contribution is -2.02. The van der Waals surface area contributed by atoms with E-state index >= 15 is 0 Å². The average Bonchev–Trinajstić information content (AvgIpc) is 2.42. The van der Waals surface area contributed by atoms with E-state index in [1.807, 2.05) is 42.5 Å². The highest BCUT2D eigenvalue weighted by atomic mass is 15.3. The van der Waals surface area contributed by atoms with Gasteiger partial charge in [-0.3, -0.25) is 5.43 Å². The molecule has 0 radical (unpaired) electrons. The van der Waals surface area contributed by atoms with Crippen molar-refractivity contribution in [3.8, 4) is 0 Å². The van der Waals surface area contributed by atoms with Crippen LogP contribution in [0.3, 0.4) is 0 Å². The molecule has 3 heteroatoms. The van der Waals surface area contributed by atoms with Gasteiger partial charge in [0.15, 0.2) is 0 Å². The van der Waals surface area contributed by atoms with Gasteiger partial charge in [0.1, 0.15) is 0 Å². The summed E-state index contributed by atoms with van der Waals surface area (Å²) < 4.78 is 0. The van der Waals surface area contributed by atoms with Crippen LogP contribution in [0.1, 0.15) is 11.1 Å². The van der Waals surface area contributed by atoms with Crippen LogP contribution in [0.25, 0.3) is 0 Å². The molecular formula is C15H17N3. The third-order valence-electron chi connectivity index (χ3n) is 2.59. The SMILES string of the molecule is NCCc1ccc(/C=N/Nc2ccccc2)cc1. The number of nitrogens with two attached hydrogens (primary N) is 1. The quantitative estimate of drug-likeness (QED) is 0.622. The molecule has 0 fully saturated rings. The van der Waals surface area contributed by atoms with Crippen LogP contribution in [-0.2, 0) is 6.42 Å². The van der Waals surface area contributed by atoms with Gasteiger partial charge in [0, 0.05) is 0 Å². The summed E-state index contributed by atoms with van der Waals surface area (Å²) in [6.07, 6.45) is 2.72. The molecular weight excluding hydrogens is 222 g/mol. The molecule has 0 saturated heterocycles. The van der Waals surface area contributed by atoms with Crippen LogP contribution >= 0.6 is 0 Å². The Balaban J connectivity index is 1.93. The number of nitrogens with zero attached hydrogens (tertiary/aromatic N) is 1. The molecule has 0 amide bonds. The first kappa shape index (κ1) is 12.3. The maximum absolute atomic E-state index is 5.51. The number of hydrazone groups is 1. The highest BCUT2D eigenvalue weighted by Gasteiger charge is 1.91. The molecule has 3 N–H and O–H groups in total. The molecule has 0 atom stereocenters. The molecule has 2 aromatic rings. The third-order valence-corrected chi connectivity index (χ3v) is 2.59.